The molecule has 0 radical (unpaired) electrons. The lowest BCUT2D eigenvalue weighted by Gasteiger charge is -2.12. The molecule has 2 aromatic carbocycles. The van der Waals surface area contributed by atoms with Crippen LogP contribution in [0.25, 0.3) is 0 Å². The van der Waals surface area contributed by atoms with Crippen molar-refractivity contribution in [3.8, 4) is 11.5 Å². The summed E-state index contributed by atoms with van der Waals surface area (Å²) in [7, 11) is 1.67. The van der Waals surface area contributed by atoms with Crippen LogP contribution >= 0.6 is 15.9 Å². The van der Waals surface area contributed by atoms with Crippen molar-refractivity contribution in [2.24, 2.45) is 7.05 Å². The number of rotatable bonds is 5. The van der Waals surface area contributed by atoms with E-state index in [1.54, 1.807) is 54.2 Å². The number of hydrazine groups is 1. The van der Waals surface area contributed by atoms with Gasteiger partial charge >= 0.3 is 0 Å². The smallest absolute Gasteiger partial charge is 0.286 e. The predicted molar refractivity (Wildman–Crippen MR) is 108 cm³/mol. The van der Waals surface area contributed by atoms with Crippen LogP contribution in [-0.2, 0) is 7.05 Å². The molecule has 148 valence electrons. The molecule has 0 bridgehead atoms. The Balaban J connectivity index is 1.82. The zero-order valence-electron chi connectivity index (χ0n) is 15.1. The van der Waals surface area contributed by atoms with Gasteiger partial charge in [-0.3, -0.25) is 30.6 Å². The quantitative estimate of drug-likeness (QED) is 0.447. The lowest BCUT2D eigenvalue weighted by molar-refractivity contribution is -0.384. The van der Waals surface area contributed by atoms with Crippen molar-refractivity contribution in [3.05, 3.63) is 86.6 Å². The summed E-state index contributed by atoms with van der Waals surface area (Å²) < 4.78 is 7.95. The third-order valence-corrected chi connectivity index (χ3v) is 4.32. The second-order valence-corrected chi connectivity index (χ2v) is 6.83. The highest BCUT2D eigenvalue weighted by Crippen LogP contribution is 2.28. The first-order chi connectivity index (χ1) is 13.8. The highest BCUT2D eigenvalue weighted by Gasteiger charge is 2.20. The number of halogens is 1. The Kier molecular flexibility index (Phi) is 5.93. The minimum absolute atomic E-state index is 0.101. The molecule has 2 amide bonds. The van der Waals surface area contributed by atoms with Crippen LogP contribution in [0.4, 0.5) is 5.69 Å². The first-order valence-corrected chi connectivity index (χ1v) is 9.08. The number of nitro benzene ring substituents is 1. The fraction of sp³-hybridized carbons (Fsp3) is 0.0526. The van der Waals surface area contributed by atoms with Gasteiger partial charge in [0.05, 0.1) is 10.5 Å². The summed E-state index contributed by atoms with van der Waals surface area (Å²) in [5, 5.41) is 11.1. The molecule has 0 atom stereocenters. The summed E-state index contributed by atoms with van der Waals surface area (Å²) in [5.74, 6) is -0.757. The summed E-state index contributed by atoms with van der Waals surface area (Å²) >= 11 is 3.26. The van der Waals surface area contributed by atoms with Gasteiger partial charge in [-0.05, 0) is 40.2 Å². The number of nitrogens with one attached hydrogen (secondary N) is 2. The Hall–Kier alpha value is -3.66. The molecule has 0 unspecified atom stereocenters. The molecule has 0 saturated heterocycles. The second kappa shape index (κ2) is 8.57. The number of non-ortho nitro benzene ring substituents is 1. The summed E-state index contributed by atoms with van der Waals surface area (Å²) in [6.07, 6.45) is 1.68. The number of para-hydroxylation sites is 1. The van der Waals surface area contributed by atoms with Crippen LogP contribution in [-0.4, -0.2) is 21.3 Å². The van der Waals surface area contributed by atoms with Crippen LogP contribution in [0.3, 0.4) is 0 Å². The first kappa shape index (κ1) is 20.1. The summed E-state index contributed by atoms with van der Waals surface area (Å²) in [6.45, 7) is 0. The molecule has 0 aliphatic carbocycles. The number of aryl methyl sites for hydroxylation is 1. The van der Waals surface area contributed by atoms with E-state index in [9.17, 15) is 19.7 Å². The van der Waals surface area contributed by atoms with Gasteiger partial charge in [0, 0.05) is 29.8 Å². The van der Waals surface area contributed by atoms with Gasteiger partial charge in [-0.25, -0.2) is 0 Å². The van der Waals surface area contributed by atoms with Gasteiger partial charge in [0.2, 0.25) is 0 Å². The lowest BCUT2D eigenvalue weighted by atomic mass is 10.1. The standard InChI is InChI=1S/C19H15BrN4O5/c1-23-11-12(20)9-16(23)19(26)22-21-18(25)15-10-13(24(27)28)7-8-17(15)29-14-5-3-2-4-6-14/h2-11H,1H3,(H,21,25)(H,22,26). The van der Waals surface area contributed by atoms with E-state index >= 15 is 0 Å². The number of nitrogens with zero attached hydrogens (tertiary/aromatic N) is 2. The van der Waals surface area contributed by atoms with Crippen molar-refractivity contribution in [2.45, 2.75) is 0 Å². The number of hydrogen-bond acceptors (Lipinski definition) is 5. The van der Waals surface area contributed by atoms with Gasteiger partial charge in [-0.15, -0.1) is 0 Å². The maximum Gasteiger partial charge on any atom is 0.286 e. The van der Waals surface area contributed by atoms with E-state index < -0.39 is 16.7 Å². The van der Waals surface area contributed by atoms with Crippen molar-refractivity contribution in [2.75, 3.05) is 0 Å². The maximum absolute atomic E-state index is 12.6. The van der Waals surface area contributed by atoms with Crippen LogP contribution in [0.1, 0.15) is 20.8 Å². The van der Waals surface area contributed by atoms with Gasteiger partial charge in [-0.1, -0.05) is 18.2 Å². The minimum atomic E-state index is -0.763. The average molecular weight is 459 g/mol. The Bertz CT molecular complexity index is 1080. The first-order valence-electron chi connectivity index (χ1n) is 8.29. The molecule has 3 aromatic rings. The normalized spacial score (nSPS) is 10.3. The van der Waals surface area contributed by atoms with Crippen molar-refractivity contribution >= 4 is 33.4 Å². The van der Waals surface area contributed by atoms with E-state index in [1.807, 2.05) is 0 Å². The number of benzene rings is 2. The molecule has 3 rings (SSSR count). The molecule has 1 heterocycles. The third kappa shape index (κ3) is 4.79. The molecule has 0 spiro atoms. The fourth-order valence-electron chi connectivity index (χ4n) is 2.51. The minimum Gasteiger partial charge on any atom is -0.457 e. The summed E-state index contributed by atoms with van der Waals surface area (Å²) in [5.41, 5.74) is 4.46. The Morgan fingerprint density at radius 3 is 2.38 bits per heavy atom. The van der Waals surface area contributed by atoms with Gasteiger partial charge in [0.25, 0.3) is 17.5 Å². The van der Waals surface area contributed by atoms with Gasteiger partial charge in [0.15, 0.2) is 0 Å². The van der Waals surface area contributed by atoms with Crippen LogP contribution in [0, 0.1) is 10.1 Å². The molecular weight excluding hydrogens is 444 g/mol. The van der Waals surface area contributed by atoms with Crippen LogP contribution < -0.4 is 15.6 Å². The number of carbonyl (C=O) groups is 2. The van der Waals surface area contributed by atoms with Crippen LogP contribution in [0.5, 0.6) is 11.5 Å². The van der Waals surface area contributed by atoms with Crippen molar-refractivity contribution in [1.29, 1.82) is 0 Å². The Morgan fingerprint density at radius 2 is 1.76 bits per heavy atom. The number of amides is 2. The maximum atomic E-state index is 12.6. The lowest BCUT2D eigenvalue weighted by Crippen LogP contribution is -2.42. The average Bonchev–Trinajstić information content (AvgIpc) is 3.05. The monoisotopic (exact) mass is 458 g/mol. The van der Waals surface area contributed by atoms with E-state index in [0.717, 1.165) is 6.07 Å². The number of aromatic nitrogens is 1. The van der Waals surface area contributed by atoms with E-state index in [2.05, 4.69) is 26.8 Å². The van der Waals surface area contributed by atoms with Crippen molar-refractivity contribution in [3.63, 3.8) is 0 Å². The molecule has 2 N–H and O–H groups in total. The largest absolute Gasteiger partial charge is 0.457 e. The number of nitro groups is 1. The zero-order valence-corrected chi connectivity index (χ0v) is 16.7. The fourth-order valence-corrected chi connectivity index (χ4v) is 3.03. The topological polar surface area (TPSA) is 116 Å². The van der Waals surface area contributed by atoms with Gasteiger partial charge in [0.1, 0.15) is 17.2 Å². The molecule has 10 heteroatoms. The van der Waals surface area contributed by atoms with Gasteiger partial charge < -0.3 is 9.30 Å². The summed E-state index contributed by atoms with van der Waals surface area (Å²) in [4.78, 5) is 35.3. The van der Waals surface area contributed by atoms with E-state index in [0.29, 0.717) is 15.9 Å². The summed E-state index contributed by atoms with van der Waals surface area (Å²) in [6, 6.07) is 13.9. The molecule has 29 heavy (non-hydrogen) atoms. The second-order valence-electron chi connectivity index (χ2n) is 5.92. The molecular formula is C19H15BrN4O5. The zero-order chi connectivity index (χ0) is 21.0. The number of hydrogen-bond donors (Lipinski definition) is 2. The highest BCUT2D eigenvalue weighted by molar-refractivity contribution is 9.10. The van der Waals surface area contributed by atoms with Crippen LogP contribution in [0.15, 0.2) is 65.3 Å². The molecule has 0 aliphatic heterocycles. The Labute approximate surface area is 173 Å². The molecule has 1 aromatic heterocycles. The molecule has 0 fully saturated rings. The Morgan fingerprint density at radius 1 is 1.07 bits per heavy atom. The third-order valence-electron chi connectivity index (χ3n) is 3.88. The number of ether oxygens (including phenoxy) is 1. The van der Waals surface area contributed by atoms with E-state index in [1.165, 1.54) is 12.1 Å². The van der Waals surface area contributed by atoms with E-state index in [4.69, 9.17) is 4.74 Å². The van der Waals surface area contributed by atoms with Gasteiger partial charge in [-0.2, -0.15) is 0 Å². The molecule has 0 aliphatic rings. The highest BCUT2D eigenvalue weighted by atomic mass is 79.9. The van der Waals surface area contributed by atoms with Crippen molar-refractivity contribution in [1.82, 2.24) is 15.4 Å². The molecule has 0 saturated carbocycles. The SMILES string of the molecule is Cn1cc(Br)cc1C(=O)NNC(=O)c1cc([N+](=O)[O-])ccc1Oc1ccccc1. The number of carbonyl (C=O) groups excluding carboxylic acids is 2. The van der Waals surface area contributed by atoms with Crippen molar-refractivity contribution < 1.29 is 19.2 Å². The van der Waals surface area contributed by atoms with Crippen LogP contribution in [0.2, 0.25) is 0 Å². The molecule has 9 nitrogen and oxygen atoms in total. The predicted octanol–water partition coefficient (Wildman–Crippen LogP) is 3.56. The van der Waals surface area contributed by atoms with E-state index in [-0.39, 0.29) is 17.0 Å².